The molecule has 2 bridgehead atoms. The van der Waals surface area contributed by atoms with E-state index in [1.54, 1.807) is 4.72 Å². The van der Waals surface area contributed by atoms with Gasteiger partial charge in [0.25, 0.3) is 5.91 Å². The summed E-state index contributed by atoms with van der Waals surface area (Å²) in [6.45, 7) is 6.68. The van der Waals surface area contributed by atoms with Crippen molar-refractivity contribution in [3.8, 4) is 5.75 Å². The molecule has 2 aliphatic carbocycles. The van der Waals surface area contributed by atoms with Crippen LogP contribution in [0.3, 0.4) is 0 Å². The number of ether oxygens (including phenoxy) is 1. The Bertz CT molecular complexity index is 873. The standard InChI is InChI=1S/C19H25ClFNO4S/c1-10(2)17-11-5-6-19(17,3)16(7-11)26-15-9-14(21)12(8-13(15)20)18(23)22-27(4,24)25/h8-11,16-17H,5-7H2,1-4H3,(H,22,23). The Balaban J connectivity index is 1.83. The minimum Gasteiger partial charge on any atom is -0.488 e. The van der Waals surface area contributed by atoms with Crippen LogP contribution in [0.5, 0.6) is 5.75 Å². The third-order valence-electron chi connectivity index (χ3n) is 6.11. The number of fused-ring (bicyclic) bond motifs is 2. The van der Waals surface area contributed by atoms with Crippen molar-refractivity contribution in [2.75, 3.05) is 6.26 Å². The van der Waals surface area contributed by atoms with Crippen LogP contribution in [-0.4, -0.2) is 26.7 Å². The van der Waals surface area contributed by atoms with Crippen molar-refractivity contribution in [1.29, 1.82) is 0 Å². The van der Waals surface area contributed by atoms with Crippen LogP contribution in [0, 0.1) is 29.0 Å². The predicted molar refractivity (Wildman–Crippen MR) is 102 cm³/mol. The molecule has 1 N–H and O–H groups in total. The third kappa shape index (κ3) is 3.81. The molecule has 3 rings (SSSR count). The highest BCUT2D eigenvalue weighted by molar-refractivity contribution is 7.89. The minimum atomic E-state index is -3.80. The van der Waals surface area contributed by atoms with Crippen LogP contribution < -0.4 is 9.46 Å². The summed E-state index contributed by atoms with van der Waals surface area (Å²) >= 11 is 6.22. The number of sulfonamides is 1. The molecule has 1 aromatic carbocycles. The lowest BCUT2D eigenvalue weighted by atomic mass is 9.74. The van der Waals surface area contributed by atoms with Crippen LogP contribution in [0.15, 0.2) is 12.1 Å². The molecule has 2 saturated carbocycles. The molecule has 1 aromatic rings. The van der Waals surface area contributed by atoms with E-state index in [0.29, 0.717) is 17.8 Å². The van der Waals surface area contributed by atoms with Gasteiger partial charge >= 0.3 is 0 Å². The number of carbonyl (C=O) groups excluding carboxylic acids is 1. The van der Waals surface area contributed by atoms with Crippen molar-refractivity contribution in [1.82, 2.24) is 4.72 Å². The number of halogens is 2. The van der Waals surface area contributed by atoms with Gasteiger partial charge in [-0.05, 0) is 43.1 Å². The topological polar surface area (TPSA) is 72.5 Å². The van der Waals surface area contributed by atoms with Crippen molar-refractivity contribution < 1.29 is 22.3 Å². The maximum atomic E-state index is 14.4. The predicted octanol–water partition coefficient (Wildman–Crippen LogP) is 4.01. The Hall–Kier alpha value is -1.34. The van der Waals surface area contributed by atoms with E-state index in [4.69, 9.17) is 16.3 Å². The van der Waals surface area contributed by atoms with E-state index in [0.717, 1.165) is 31.2 Å². The summed E-state index contributed by atoms with van der Waals surface area (Å²) in [7, 11) is -3.80. The van der Waals surface area contributed by atoms with Crippen molar-refractivity contribution in [3.05, 3.63) is 28.5 Å². The van der Waals surface area contributed by atoms with E-state index < -0.39 is 27.3 Å². The molecule has 2 aliphatic rings. The number of nitrogens with one attached hydrogen (secondary N) is 1. The molecule has 0 aliphatic heterocycles. The van der Waals surface area contributed by atoms with E-state index >= 15 is 0 Å². The SMILES string of the molecule is CC(C)C1C2CCC1(C)C(Oc1cc(F)c(C(=O)NS(C)(=O)=O)cc1Cl)C2. The van der Waals surface area contributed by atoms with Crippen LogP contribution in [0.1, 0.15) is 50.4 Å². The zero-order chi connectivity index (χ0) is 20.1. The second-order valence-electron chi connectivity index (χ2n) is 8.38. The molecule has 0 spiro atoms. The Morgan fingerprint density at radius 2 is 2.07 bits per heavy atom. The smallest absolute Gasteiger partial charge is 0.267 e. The summed E-state index contributed by atoms with van der Waals surface area (Å²) in [5, 5.41) is 0.0857. The van der Waals surface area contributed by atoms with E-state index in [2.05, 4.69) is 20.8 Å². The van der Waals surface area contributed by atoms with Crippen LogP contribution >= 0.6 is 11.6 Å². The first-order chi connectivity index (χ1) is 12.4. The zero-order valence-electron chi connectivity index (χ0n) is 15.9. The first kappa shape index (κ1) is 20.4. The Kier molecular flexibility index (Phi) is 5.23. The highest BCUT2D eigenvalue weighted by Gasteiger charge is 2.58. The van der Waals surface area contributed by atoms with Gasteiger partial charge in [0.1, 0.15) is 17.7 Å². The molecule has 4 unspecified atom stereocenters. The van der Waals surface area contributed by atoms with Crippen LogP contribution in [0.2, 0.25) is 5.02 Å². The highest BCUT2D eigenvalue weighted by Crippen LogP contribution is 2.61. The van der Waals surface area contributed by atoms with Gasteiger partial charge in [-0.25, -0.2) is 17.5 Å². The summed E-state index contributed by atoms with van der Waals surface area (Å²) in [6.07, 6.45) is 3.93. The fourth-order valence-corrected chi connectivity index (χ4v) is 5.88. The van der Waals surface area contributed by atoms with Gasteiger partial charge in [-0.2, -0.15) is 0 Å². The van der Waals surface area contributed by atoms with Crippen molar-refractivity contribution in [3.63, 3.8) is 0 Å². The largest absolute Gasteiger partial charge is 0.488 e. The molecular formula is C19H25ClFNO4S. The summed E-state index contributed by atoms with van der Waals surface area (Å²) in [6, 6.07) is 2.18. The summed E-state index contributed by atoms with van der Waals surface area (Å²) in [4.78, 5) is 11.9. The second kappa shape index (κ2) is 6.92. The van der Waals surface area contributed by atoms with Crippen molar-refractivity contribution in [2.45, 2.75) is 46.1 Å². The lowest BCUT2D eigenvalue weighted by Crippen LogP contribution is -2.37. The molecular weight excluding hydrogens is 393 g/mol. The Labute approximate surface area is 164 Å². The lowest BCUT2D eigenvalue weighted by molar-refractivity contribution is 0.0472. The van der Waals surface area contributed by atoms with Crippen molar-refractivity contribution in [2.24, 2.45) is 23.2 Å². The first-order valence-corrected chi connectivity index (χ1v) is 11.4. The number of benzene rings is 1. The number of hydrogen-bond donors (Lipinski definition) is 1. The molecule has 8 heteroatoms. The van der Waals surface area contributed by atoms with Gasteiger partial charge < -0.3 is 4.74 Å². The summed E-state index contributed by atoms with van der Waals surface area (Å²) in [5.41, 5.74) is -0.415. The zero-order valence-corrected chi connectivity index (χ0v) is 17.5. The quantitative estimate of drug-likeness (QED) is 0.785. The number of hydrogen-bond acceptors (Lipinski definition) is 4. The maximum Gasteiger partial charge on any atom is 0.267 e. The second-order valence-corrected chi connectivity index (χ2v) is 10.5. The molecule has 27 heavy (non-hydrogen) atoms. The molecule has 1 amide bonds. The van der Waals surface area contributed by atoms with Crippen LogP contribution in [-0.2, 0) is 10.0 Å². The molecule has 150 valence electrons. The van der Waals surface area contributed by atoms with E-state index in [9.17, 15) is 17.6 Å². The lowest BCUT2D eigenvalue weighted by Gasteiger charge is -2.36. The molecule has 4 atom stereocenters. The van der Waals surface area contributed by atoms with Crippen LogP contribution in [0.4, 0.5) is 4.39 Å². The molecule has 5 nitrogen and oxygen atoms in total. The van der Waals surface area contributed by atoms with Gasteiger partial charge in [0.05, 0.1) is 16.8 Å². The first-order valence-electron chi connectivity index (χ1n) is 9.10. The fraction of sp³-hybridized carbons (Fsp3) is 0.632. The van der Waals surface area contributed by atoms with Gasteiger partial charge in [0.2, 0.25) is 10.0 Å². The molecule has 0 aromatic heterocycles. The van der Waals surface area contributed by atoms with E-state index in [1.807, 2.05) is 0 Å². The number of rotatable bonds is 5. The van der Waals surface area contributed by atoms with Gasteiger partial charge in [-0.15, -0.1) is 0 Å². The highest BCUT2D eigenvalue weighted by atomic mass is 35.5. The number of carbonyl (C=O) groups is 1. The van der Waals surface area contributed by atoms with Gasteiger partial charge in [0, 0.05) is 11.5 Å². The fourth-order valence-electron chi connectivity index (χ4n) is 5.22. The Morgan fingerprint density at radius 3 is 2.63 bits per heavy atom. The average Bonchev–Trinajstić information content (AvgIpc) is 2.98. The van der Waals surface area contributed by atoms with Gasteiger partial charge in [0.15, 0.2) is 0 Å². The van der Waals surface area contributed by atoms with E-state index in [1.165, 1.54) is 6.42 Å². The average molecular weight is 418 g/mol. The maximum absolute atomic E-state index is 14.4. The Morgan fingerprint density at radius 1 is 1.41 bits per heavy atom. The molecule has 0 radical (unpaired) electrons. The van der Waals surface area contributed by atoms with Crippen molar-refractivity contribution >= 4 is 27.5 Å². The third-order valence-corrected chi connectivity index (χ3v) is 6.96. The van der Waals surface area contributed by atoms with Gasteiger partial charge in [-0.1, -0.05) is 32.4 Å². The summed E-state index contributed by atoms with van der Waals surface area (Å²) < 4.78 is 44.7. The molecule has 0 saturated heterocycles. The van der Waals surface area contributed by atoms with Crippen LogP contribution in [0.25, 0.3) is 0 Å². The monoisotopic (exact) mass is 417 g/mol. The van der Waals surface area contributed by atoms with Gasteiger partial charge in [-0.3, -0.25) is 4.79 Å². The summed E-state index contributed by atoms with van der Waals surface area (Å²) in [5.74, 6) is -0.0365. The minimum absolute atomic E-state index is 0.0188. The molecule has 2 fully saturated rings. The molecule has 0 heterocycles. The normalized spacial score (nSPS) is 30.0. The number of amides is 1. The van der Waals surface area contributed by atoms with E-state index in [-0.39, 0.29) is 22.3 Å².